The van der Waals surface area contributed by atoms with Crippen LogP contribution < -0.4 is 5.32 Å². The third kappa shape index (κ3) is 3.44. The monoisotopic (exact) mass is 224 g/mol. The van der Waals surface area contributed by atoms with Crippen molar-refractivity contribution in [3.8, 4) is 6.07 Å². The summed E-state index contributed by atoms with van der Waals surface area (Å²) in [4.78, 5) is 0. The first-order valence-electron chi connectivity index (χ1n) is 6.10. The molecule has 0 spiro atoms. The van der Waals surface area contributed by atoms with Crippen LogP contribution in [0.4, 0.5) is 0 Å². The number of hydrogen-bond acceptors (Lipinski definition) is 4. The molecular formula is C12H20N2O2. The van der Waals surface area contributed by atoms with Crippen molar-refractivity contribution in [2.75, 3.05) is 19.8 Å². The Kier molecular flexibility index (Phi) is 3.80. The summed E-state index contributed by atoms with van der Waals surface area (Å²) in [6.45, 7) is 3.96. The van der Waals surface area contributed by atoms with Crippen LogP contribution in [0, 0.1) is 11.3 Å². The third-order valence-electron chi connectivity index (χ3n) is 3.12. The molecule has 0 aromatic rings. The number of rotatable bonds is 5. The van der Waals surface area contributed by atoms with Gasteiger partial charge in [0.1, 0.15) is 5.54 Å². The maximum Gasteiger partial charge on any atom is 0.127 e. The molecule has 4 heteroatoms. The van der Waals surface area contributed by atoms with E-state index in [1.807, 2.05) is 6.92 Å². The molecule has 1 unspecified atom stereocenters. The van der Waals surface area contributed by atoms with Gasteiger partial charge in [0, 0.05) is 19.3 Å². The Morgan fingerprint density at radius 1 is 1.38 bits per heavy atom. The zero-order valence-electron chi connectivity index (χ0n) is 9.87. The van der Waals surface area contributed by atoms with Crippen LogP contribution in [0.2, 0.25) is 0 Å². The molecule has 0 amide bonds. The molecule has 1 aliphatic heterocycles. The Balaban J connectivity index is 1.74. The van der Waals surface area contributed by atoms with Crippen molar-refractivity contribution in [1.29, 1.82) is 5.26 Å². The Morgan fingerprint density at radius 2 is 2.06 bits per heavy atom. The van der Waals surface area contributed by atoms with Crippen LogP contribution in [0.15, 0.2) is 0 Å². The van der Waals surface area contributed by atoms with Gasteiger partial charge in [0.15, 0.2) is 0 Å². The molecule has 0 aromatic carbocycles. The fourth-order valence-electron chi connectivity index (χ4n) is 1.91. The molecule has 1 saturated carbocycles. The van der Waals surface area contributed by atoms with Gasteiger partial charge in [-0.25, -0.2) is 0 Å². The minimum Gasteiger partial charge on any atom is -0.381 e. The lowest BCUT2D eigenvalue weighted by molar-refractivity contribution is -0.0434. The Bertz CT molecular complexity index is 267. The van der Waals surface area contributed by atoms with Crippen LogP contribution in [0.25, 0.3) is 0 Å². The van der Waals surface area contributed by atoms with Crippen LogP contribution in [0.3, 0.4) is 0 Å². The van der Waals surface area contributed by atoms with Gasteiger partial charge >= 0.3 is 0 Å². The van der Waals surface area contributed by atoms with E-state index < -0.39 is 5.54 Å². The summed E-state index contributed by atoms with van der Waals surface area (Å²) in [5.74, 6) is 0. The first-order valence-corrected chi connectivity index (χ1v) is 6.10. The van der Waals surface area contributed by atoms with Crippen LogP contribution >= 0.6 is 0 Å². The highest BCUT2D eigenvalue weighted by Gasteiger charge is 2.33. The lowest BCUT2D eigenvalue weighted by atomic mass is 10.1. The standard InChI is InChI=1S/C12H20N2O2/c1-12(8-13,14-10-2-3-10)9-16-11-4-6-15-7-5-11/h10-11,14H,2-7,9H2,1H3. The summed E-state index contributed by atoms with van der Waals surface area (Å²) in [6.07, 6.45) is 4.54. The van der Waals surface area contributed by atoms with E-state index in [1.54, 1.807) is 0 Å². The SMILES string of the molecule is CC(C#N)(COC1CCOCC1)NC1CC1. The predicted molar refractivity (Wildman–Crippen MR) is 60.0 cm³/mol. The third-order valence-corrected chi connectivity index (χ3v) is 3.12. The van der Waals surface area contributed by atoms with Gasteiger partial charge < -0.3 is 9.47 Å². The maximum absolute atomic E-state index is 9.17. The minimum atomic E-state index is -0.528. The molecule has 1 atom stereocenters. The fraction of sp³-hybridized carbons (Fsp3) is 0.917. The quantitative estimate of drug-likeness (QED) is 0.762. The lowest BCUT2D eigenvalue weighted by Crippen LogP contribution is -2.47. The average molecular weight is 224 g/mol. The minimum absolute atomic E-state index is 0.266. The number of nitrogens with one attached hydrogen (secondary N) is 1. The van der Waals surface area contributed by atoms with Gasteiger partial charge in [0.05, 0.1) is 18.8 Å². The Morgan fingerprint density at radius 3 is 2.62 bits per heavy atom. The zero-order chi connectivity index (χ0) is 11.4. The molecule has 1 saturated heterocycles. The van der Waals surface area contributed by atoms with Gasteiger partial charge in [-0.05, 0) is 32.6 Å². The second kappa shape index (κ2) is 5.13. The summed E-state index contributed by atoms with van der Waals surface area (Å²) >= 11 is 0. The van der Waals surface area contributed by atoms with Crippen molar-refractivity contribution in [3.05, 3.63) is 0 Å². The van der Waals surface area contributed by atoms with Gasteiger partial charge in [-0.3, -0.25) is 5.32 Å². The van der Waals surface area contributed by atoms with E-state index in [0.717, 1.165) is 26.1 Å². The highest BCUT2D eigenvalue weighted by Crippen LogP contribution is 2.23. The normalized spacial score (nSPS) is 26.0. The summed E-state index contributed by atoms with van der Waals surface area (Å²) in [6, 6.07) is 2.85. The van der Waals surface area contributed by atoms with Gasteiger partial charge in [-0.15, -0.1) is 0 Å². The first-order chi connectivity index (χ1) is 7.72. The van der Waals surface area contributed by atoms with Gasteiger partial charge in [0.2, 0.25) is 0 Å². The molecule has 90 valence electrons. The van der Waals surface area contributed by atoms with E-state index in [-0.39, 0.29) is 6.10 Å². The van der Waals surface area contributed by atoms with Crippen molar-refractivity contribution in [2.24, 2.45) is 0 Å². The van der Waals surface area contributed by atoms with Crippen molar-refractivity contribution < 1.29 is 9.47 Å². The summed E-state index contributed by atoms with van der Waals surface area (Å²) in [5.41, 5.74) is -0.528. The molecule has 2 fully saturated rings. The molecule has 2 rings (SSSR count). The van der Waals surface area contributed by atoms with E-state index in [0.29, 0.717) is 12.6 Å². The molecule has 2 aliphatic rings. The zero-order valence-corrected chi connectivity index (χ0v) is 9.87. The van der Waals surface area contributed by atoms with E-state index in [9.17, 15) is 5.26 Å². The summed E-state index contributed by atoms with van der Waals surface area (Å²) in [5, 5.41) is 12.5. The average Bonchev–Trinajstić information content (AvgIpc) is 3.12. The van der Waals surface area contributed by atoms with Crippen LogP contribution in [-0.2, 0) is 9.47 Å². The molecule has 4 nitrogen and oxygen atoms in total. The number of ether oxygens (including phenoxy) is 2. The first kappa shape index (κ1) is 11.8. The van der Waals surface area contributed by atoms with Gasteiger partial charge in [-0.2, -0.15) is 5.26 Å². The molecule has 1 N–H and O–H groups in total. The molecule has 1 heterocycles. The van der Waals surface area contributed by atoms with Gasteiger partial charge in [-0.1, -0.05) is 0 Å². The predicted octanol–water partition coefficient (Wildman–Crippen LogP) is 1.22. The molecule has 0 bridgehead atoms. The topological polar surface area (TPSA) is 54.3 Å². The molecule has 16 heavy (non-hydrogen) atoms. The van der Waals surface area contributed by atoms with Crippen LogP contribution in [0.5, 0.6) is 0 Å². The summed E-state index contributed by atoms with van der Waals surface area (Å²) in [7, 11) is 0. The van der Waals surface area contributed by atoms with Crippen molar-refractivity contribution in [3.63, 3.8) is 0 Å². The molecule has 0 aromatic heterocycles. The molecule has 1 aliphatic carbocycles. The number of hydrogen-bond donors (Lipinski definition) is 1. The van der Waals surface area contributed by atoms with E-state index in [2.05, 4.69) is 11.4 Å². The van der Waals surface area contributed by atoms with Crippen LogP contribution in [-0.4, -0.2) is 37.5 Å². The van der Waals surface area contributed by atoms with Crippen molar-refractivity contribution >= 4 is 0 Å². The van der Waals surface area contributed by atoms with Gasteiger partial charge in [0.25, 0.3) is 0 Å². The number of nitrogens with zero attached hydrogens (tertiary/aromatic N) is 1. The number of nitriles is 1. The Hall–Kier alpha value is -0.630. The lowest BCUT2D eigenvalue weighted by Gasteiger charge is -2.28. The molecule has 0 radical (unpaired) electrons. The smallest absolute Gasteiger partial charge is 0.127 e. The van der Waals surface area contributed by atoms with E-state index in [4.69, 9.17) is 9.47 Å². The second-order valence-corrected chi connectivity index (χ2v) is 4.99. The van der Waals surface area contributed by atoms with E-state index >= 15 is 0 Å². The highest BCUT2D eigenvalue weighted by atomic mass is 16.5. The van der Waals surface area contributed by atoms with Crippen molar-refractivity contribution in [2.45, 2.75) is 50.3 Å². The maximum atomic E-state index is 9.17. The second-order valence-electron chi connectivity index (χ2n) is 4.99. The van der Waals surface area contributed by atoms with Crippen LogP contribution in [0.1, 0.15) is 32.6 Å². The van der Waals surface area contributed by atoms with Crippen molar-refractivity contribution in [1.82, 2.24) is 5.32 Å². The summed E-state index contributed by atoms with van der Waals surface area (Å²) < 4.78 is 11.1. The largest absolute Gasteiger partial charge is 0.381 e. The molecular weight excluding hydrogens is 204 g/mol. The Labute approximate surface area is 96.9 Å². The highest BCUT2D eigenvalue weighted by molar-refractivity contribution is 5.07. The fourth-order valence-corrected chi connectivity index (χ4v) is 1.91. The van der Waals surface area contributed by atoms with E-state index in [1.165, 1.54) is 12.8 Å².